The van der Waals surface area contributed by atoms with Gasteiger partial charge in [-0.05, 0) is 32.1 Å². The van der Waals surface area contributed by atoms with Crippen LogP contribution in [0.1, 0.15) is 124 Å². The van der Waals surface area contributed by atoms with Gasteiger partial charge < -0.3 is 4.74 Å². The maximum atomic E-state index is 12.0. The summed E-state index contributed by atoms with van der Waals surface area (Å²) in [5.74, 6) is 0.0357. The molecule has 0 bridgehead atoms. The molecule has 0 heterocycles. The lowest BCUT2D eigenvalue weighted by molar-refractivity contribution is -0.150. The number of rotatable bonds is 17. The van der Waals surface area contributed by atoms with E-state index in [1.54, 1.807) is 0 Å². The van der Waals surface area contributed by atoms with E-state index in [0.29, 0.717) is 6.42 Å². The number of ether oxygens (including phenoxy) is 1. The lowest BCUT2D eigenvalue weighted by Crippen LogP contribution is -2.18. The summed E-state index contributed by atoms with van der Waals surface area (Å²) in [5.41, 5.74) is 0. The number of hydrogen-bond donors (Lipinski definition) is 0. The molecule has 1 unspecified atom stereocenters. The molecule has 0 radical (unpaired) electrons. The van der Waals surface area contributed by atoms with Crippen LogP contribution in [-0.4, -0.2) is 12.1 Å². The Kier molecular flexibility index (Phi) is 17.4. The van der Waals surface area contributed by atoms with Gasteiger partial charge in [-0.25, -0.2) is 0 Å². The van der Waals surface area contributed by atoms with Crippen molar-refractivity contribution in [3.8, 4) is 0 Å². The van der Waals surface area contributed by atoms with Gasteiger partial charge in [0.25, 0.3) is 0 Å². The smallest absolute Gasteiger partial charge is 0.306 e. The molecule has 0 amide bonds. The lowest BCUT2D eigenvalue weighted by Gasteiger charge is -2.18. The highest BCUT2D eigenvalue weighted by Crippen LogP contribution is 2.17. The molecule has 0 aromatic heterocycles. The SMILES string of the molecule is CCCCCCCCC(CCCCC)OC(=O)CCCCCC. The van der Waals surface area contributed by atoms with Crippen LogP contribution in [0.3, 0.4) is 0 Å². The van der Waals surface area contributed by atoms with Crippen LogP contribution >= 0.6 is 0 Å². The van der Waals surface area contributed by atoms with Crippen molar-refractivity contribution in [1.82, 2.24) is 0 Å². The Hall–Kier alpha value is -0.530. The normalized spacial score (nSPS) is 12.3. The van der Waals surface area contributed by atoms with Crippen LogP contribution in [0, 0.1) is 0 Å². The number of esters is 1. The van der Waals surface area contributed by atoms with Crippen molar-refractivity contribution < 1.29 is 9.53 Å². The van der Waals surface area contributed by atoms with E-state index in [9.17, 15) is 4.79 Å². The Balaban J connectivity index is 3.90. The molecule has 0 aliphatic carbocycles. The highest BCUT2D eigenvalue weighted by molar-refractivity contribution is 5.69. The van der Waals surface area contributed by atoms with Crippen LogP contribution in [0.4, 0.5) is 0 Å². The predicted molar refractivity (Wildman–Crippen MR) is 101 cm³/mol. The predicted octanol–water partition coefficient (Wildman–Crippen LogP) is 7.20. The van der Waals surface area contributed by atoms with Gasteiger partial charge in [-0.2, -0.15) is 0 Å². The summed E-state index contributed by atoms with van der Waals surface area (Å²) in [6, 6.07) is 0. The van der Waals surface area contributed by atoms with Gasteiger partial charge in [0.15, 0.2) is 0 Å². The second-order valence-electron chi connectivity index (χ2n) is 6.97. The fraction of sp³-hybridized carbons (Fsp3) is 0.952. The molecule has 0 aliphatic rings. The minimum absolute atomic E-state index is 0.0357. The van der Waals surface area contributed by atoms with Crippen molar-refractivity contribution in [2.24, 2.45) is 0 Å². The van der Waals surface area contributed by atoms with Crippen LogP contribution in [0.15, 0.2) is 0 Å². The van der Waals surface area contributed by atoms with E-state index < -0.39 is 0 Å². The Bertz CT molecular complexity index is 250. The molecule has 23 heavy (non-hydrogen) atoms. The lowest BCUT2D eigenvalue weighted by atomic mass is 10.0. The minimum Gasteiger partial charge on any atom is -0.462 e. The van der Waals surface area contributed by atoms with E-state index in [0.717, 1.165) is 25.7 Å². The van der Waals surface area contributed by atoms with Crippen molar-refractivity contribution in [3.63, 3.8) is 0 Å². The van der Waals surface area contributed by atoms with Crippen LogP contribution in [0.25, 0.3) is 0 Å². The fourth-order valence-corrected chi connectivity index (χ4v) is 2.98. The molecule has 0 saturated carbocycles. The first-order valence-corrected chi connectivity index (χ1v) is 10.4. The van der Waals surface area contributed by atoms with Gasteiger partial charge in [-0.15, -0.1) is 0 Å². The van der Waals surface area contributed by atoms with Crippen LogP contribution < -0.4 is 0 Å². The molecule has 0 aromatic rings. The van der Waals surface area contributed by atoms with Crippen molar-refractivity contribution >= 4 is 5.97 Å². The highest BCUT2D eigenvalue weighted by Gasteiger charge is 2.13. The number of hydrogen-bond acceptors (Lipinski definition) is 2. The highest BCUT2D eigenvalue weighted by atomic mass is 16.5. The molecule has 0 fully saturated rings. The Morgan fingerprint density at radius 3 is 1.70 bits per heavy atom. The molecule has 0 saturated heterocycles. The quantitative estimate of drug-likeness (QED) is 0.209. The van der Waals surface area contributed by atoms with E-state index in [1.807, 2.05) is 0 Å². The van der Waals surface area contributed by atoms with Crippen LogP contribution in [-0.2, 0) is 9.53 Å². The molecular weight excluding hydrogens is 284 g/mol. The number of unbranched alkanes of at least 4 members (excludes halogenated alkanes) is 10. The Morgan fingerprint density at radius 2 is 1.09 bits per heavy atom. The van der Waals surface area contributed by atoms with Crippen molar-refractivity contribution in [3.05, 3.63) is 0 Å². The molecule has 0 aliphatic heterocycles. The summed E-state index contributed by atoms with van der Waals surface area (Å²) in [6.07, 6.45) is 19.0. The maximum Gasteiger partial charge on any atom is 0.306 e. The van der Waals surface area contributed by atoms with E-state index in [4.69, 9.17) is 4.74 Å². The van der Waals surface area contributed by atoms with Gasteiger partial charge in [0.1, 0.15) is 6.10 Å². The summed E-state index contributed by atoms with van der Waals surface area (Å²) in [6.45, 7) is 6.68. The molecule has 2 nitrogen and oxygen atoms in total. The molecule has 138 valence electrons. The summed E-state index contributed by atoms with van der Waals surface area (Å²) in [7, 11) is 0. The zero-order chi connectivity index (χ0) is 17.2. The largest absolute Gasteiger partial charge is 0.462 e. The summed E-state index contributed by atoms with van der Waals surface area (Å²) < 4.78 is 5.77. The summed E-state index contributed by atoms with van der Waals surface area (Å²) >= 11 is 0. The third-order valence-corrected chi connectivity index (χ3v) is 4.54. The standard InChI is InChI=1S/C21H42O2/c1-4-7-10-12-13-15-18-20(17-14-9-6-3)23-21(22)19-16-11-8-5-2/h20H,4-19H2,1-3H3. The average molecular weight is 327 g/mol. The first kappa shape index (κ1) is 22.5. The minimum atomic E-state index is 0.0357. The van der Waals surface area contributed by atoms with E-state index in [-0.39, 0.29) is 12.1 Å². The van der Waals surface area contributed by atoms with Crippen LogP contribution in [0.5, 0.6) is 0 Å². The van der Waals surface area contributed by atoms with Gasteiger partial charge in [0.05, 0.1) is 0 Å². The Morgan fingerprint density at radius 1 is 0.652 bits per heavy atom. The van der Waals surface area contributed by atoms with Crippen LogP contribution in [0.2, 0.25) is 0 Å². The molecule has 1 atom stereocenters. The Labute approximate surface area is 145 Å². The monoisotopic (exact) mass is 326 g/mol. The molecule has 0 rings (SSSR count). The van der Waals surface area contributed by atoms with Gasteiger partial charge in [0.2, 0.25) is 0 Å². The van der Waals surface area contributed by atoms with Crippen molar-refractivity contribution in [2.75, 3.05) is 0 Å². The zero-order valence-electron chi connectivity index (χ0n) is 16.2. The molecular formula is C21H42O2. The van der Waals surface area contributed by atoms with E-state index in [1.165, 1.54) is 70.6 Å². The first-order chi connectivity index (χ1) is 11.2. The maximum absolute atomic E-state index is 12.0. The van der Waals surface area contributed by atoms with Gasteiger partial charge in [-0.1, -0.05) is 85.0 Å². The third kappa shape index (κ3) is 16.1. The third-order valence-electron chi connectivity index (χ3n) is 4.54. The van der Waals surface area contributed by atoms with Gasteiger partial charge in [-0.3, -0.25) is 4.79 Å². The summed E-state index contributed by atoms with van der Waals surface area (Å²) in [4.78, 5) is 12.0. The first-order valence-electron chi connectivity index (χ1n) is 10.4. The van der Waals surface area contributed by atoms with Crippen molar-refractivity contribution in [2.45, 2.75) is 130 Å². The van der Waals surface area contributed by atoms with Crippen molar-refractivity contribution in [1.29, 1.82) is 0 Å². The van der Waals surface area contributed by atoms with E-state index >= 15 is 0 Å². The molecule has 0 N–H and O–H groups in total. The van der Waals surface area contributed by atoms with Gasteiger partial charge >= 0.3 is 5.97 Å². The fourth-order valence-electron chi connectivity index (χ4n) is 2.98. The molecule has 0 spiro atoms. The number of carbonyl (C=O) groups excluding carboxylic acids is 1. The second kappa shape index (κ2) is 17.8. The van der Waals surface area contributed by atoms with E-state index in [2.05, 4.69) is 20.8 Å². The second-order valence-corrected chi connectivity index (χ2v) is 6.97. The average Bonchev–Trinajstić information content (AvgIpc) is 2.54. The topological polar surface area (TPSA) is 26.3 Å². The van der Waals surface area contributed by atoms with Gasteiger partial charge in [0, 0.05) is 6.42 Å². The molecule has 0 aromatic carbocycles. The molecule has 2 heteroatoms. The summed E-state index contributed by atoms with van der Waals surface area (Å²) in [5, 5.41) is 0. The number of carbonyl (C=O) groups is 1. The zero-order valence-corrected chi connectivity index (χ0v) is 16.2.